The van der Waals surface area contributed by atoms with Crippen LogP contribution in [0.5, 0.6) is 5.75 Å². The van der Waals surface area contributed by atoms with Crippen LogP contribution in [0.15, 0.2) is 24.3 Å². The van der Waals surface area contributed by atoms with Crippen molar-refractivity contribution in [3.63, 3.8) is 0 Å². The number of rotatable bonds is 4. The Morgan fingerprint density at radius 3 is 2.81 bits per heavy atom. The Morgan fingerprint density at radius 2 is 2.11 bits per heavy atom. The second kappa shape index (κ2) is 7.19. The highest BCUT2D eigenvalue weighted by molar-refractivity contribution is 7.17. The van der Waals surface area contributed by atoms with Gasteiger partial charge in [0.05, 0.1) is 19.3 Å². The third-order valence-corrected chi connectivity index (χ3v) is 5.68. The van der Waals surface area contributed by atoms with Crippen LogP contribution in [0, 0.1) is 5.92 Å². The van der Waals surface area contributed by atoms with E-state index in [1.807, 2.05) is 33.7 Å². The Balaban J connectivity index is 1.54. The number of hydrogen-bond acceptors (Lipinski definition) is 5. The van der Waals surface area contributed by atoms with E-state index >= 15 is 0 Å². The molecular formula is C19H23N5O2S. The minimum Gasteiger partial charge on any atom is -0.497 e. The van der Waals surface area contributed by atoms with E-state index in [1.165, 1.54) is 0 Å². The number of nitrogens with one attached hydrogen (secondary N) is 1. The molecule has 2 amide bonds. The van der Waals surface area contributed by atoms with E-state index in [0.717, 1.165) is 33.3 Å². The zero-order valence-electron chi connectivity index (χ0n) is 15.7. The van der Waals surface area contributed by atoms with Crippen LogP contribution in [0.25, 0.3) is 16.3 Å². The molecule has 2 aromatic heterocycles. The molecule has 27 heavy (non-hydrogen) atoms. The van der Waals surface area contributed by atoms with Gasteiger partial charge in [-0.05, 0) is 30.2 Å². The van der Waals surface area contributed by atoms with Crippen molar-refractivity contribution >= 4 is 22.3 Å². The van der Waals surface area contributed by atoms with Gasteiger partial charge in [-0.25, -0.2) is 9.31 Å². The molecule has 1 aromatic carbocycles. The topological polar surface area (TPSA) is 71.8 Å². The first kappa shape index (κ1) is 17.8. The Hall–Kier alpha value is -2.61. The molecule has 142 valence electrons. The van der Waals surface area contributed by atoms with E-state index in [0.29, 0.717) is 31.4 Å². The minimum atomic E-state index is 0.00673. The normalized spacial score (nSPS) is 13.9. The summed E-state index contributed by atoms with van der Waals surface area (Å²) in [5.74, 6) is 1.97. The first-order valence-electron chi connectivity index (χ1n) is 9.09. The van der Waals surface area contributed by atoms with Crippen LogP contribution in [0.3, 0.4) is 0 Å². The van der Waals surface area contributed by atoms with Gasteiger partial charge in [0.25, 0.3) is 0 Å². The van der Waals surface area contributed by atoms with E-state index in [4.69, 9.17) is 9.84 Å². The Bertz CT molecular complexity index is 961. The van der Waals surface area contributed by atoms with E-state index in [-0.39, 0.29) is 6.03 Å². The first-order chi connectivity index (χ1) is 13.0. The SMILES string of the molecule is COc1ccc(-c2nc3sc4c(n3n2)CCN(C(=O)NCC(C)C)C4)cc1. The van der Waals surface area contributed by atoms with E-state index < -0.39 is 0 Å². The van der Waals surface area contributed by atoms with Crippen molar-refractivity contribution in [3.8, 4) is 17.1 Å². The van der Waals surface area contributed by atoms with Crippen LogP contribution in [-0.2, 0) is 13.0 Å². The number of carbonyl (C=O) groups is 1. The van der Waals surface area contributed by atoms with Crippen molar-refractivity contribution in [2.24, 2.45) is 5.92 Å². The van der Waals surface area contributed by atoms with Gasteiger partial charge in [0.2, 0.25) is 4.96 Å². The quantitative estimate of drug-likeness (QED) is 0.749. The fraction of sp³-hybridized carbons (Fsp3) is 0.421. The molecule has 0 saturated heterocycles. The van der Waals surface area contributed by atoms with Crippen molar-refractivity contribution in [1.82, 2.24) is 24.8 Å². The molecule has 0 bridgehead atoms. The lowest BCUT2D eigenvalue weighted by Gasteiger charge is -2.27. The number of benzene rings is 1. The minimum absolute atomic E-state index is 0.00673. The molecule has 0 spiro atoms. The fourth-order valence-electron chi connectivity index (χ4n) is 3.13. The molecule has 0 unspecified atom stereocenters. The molecule has 3 aromatic rings. The lowest BCUT2D eigenvalue weighted by atomic mass is 10.2. The summed E-state index contributed by atoms with van der Waals surface area (Å²) in [7, 11) is 1.65. The molecule has 1 N–H and O–H groups in total. The van der Waals surface area contributed by atoms with Crippen molar-refractivity contribution in [2.75, 3.05) is 20.2 Å². The summed E-state index contributed by atoms with van der Waals surface area (Å²) in [6, 6.07) is 7.75. The summed E-state index contributed by atoms with van der Waals surface area (Å²) in [5.41, 5.74) is 2.13. The highest BCUT2D eigenvalue weighted by Crippen LogP contribution is 2.30. The van der Waals surface area contributed by atoms with Crippen LogP contribution in [-0.4, -0.2) is 45.7 Å². The highest BCUT2D eigenvalue weighted by atomic mass is 32.1. The second-order valence-corrected chi connectivity index (χ2v) is 8.14. The largest absolute Gasteiger partial charge is 0.497 e. The number of hydrogen-bond donors (Lipinski definition) is 1. The van der Waals surface area contributed by atoms with Crippen LogP contribution < -0.4 is 10.1 Å². The van der Waals surface area contributed by atoms with E-state index in [2.05, 4.69) is 24.1 Å². The lowest BCUT2D eigenvalue weighted by Crippen LogP contribution is -2.43. The fourth-order valence-corrected chi connectivity index (χ4v) is 4.24. The van der Waals surface area contributed by atoms with Crippen molar-refractivity contribution in [3.05, 3.63) is 34.8 Å². The predicted molar refractivity (Wildman–Crippen MR) is 105 cm³/mol. The van der Waals surface area contributed by atoms with Gasteiger partial charge < -0.3 is 15.0 Å². The smallest absolute Gasteiger partial charge is 0.317 e. The molecule has 0 saturated carbocycles. The molecule has 0 aliphatic carbocycles. The lowest BCUT2D eigenvalue weighted by molar-refractivity contribution is 0.191. The molecule has 8 heteroatoms. The zero-order valence-corrected chi connectivity index (χ0v) is 16.5. The molecule has 1 aliphatic heterocycles. The summed E-state index contributed by atoms with van der Waals surface area (Å²) >= 11 is 1.61. The maximum atomic E-state index is 12.3. The van der Waals surface area contributed by atoms with Gasteiger partial charge in [-0.3, -0.25) is 0 Å². The van der Waals surface area contributed by atoms with E-state index in [9.17, 15) is 4.79 Å². The molecule has 0 fully saturated rings. The Kier molecular flexibility index (Phi) is 4.73. The second-order valence-electron chi connectivity index (χ2n) is 7.08. The zero-order chi connectivity index (χ0) is 19.0. The predicted octanol–water partition coefficient (Wildman–Crippen LogP) is 3.19. The van der Waals surface area contributed by atoms with Gasteiger partial charge in [-0.2, -0.15) is 4.98 Å². The summed E-state index contributed by atoms with van der Waals surface area (Å²) in [6.45, 7) is 6.19. The first-order valence-corrected chi connectivity index (χ1v) is 9.91. The third-order valence-electron chi connectivity index (χ3n) is 4.62. The number of methoxy groups -OCH3 is 1. The van der Waals surface area contributed by atoms with Crippen LogP contribution >= 0.6 is 11.3 Å². The summed E-state index contributed by atoms with van der Waals surface area (Å²) < 4.78 is 7.14. The number of fused-ring (bicyclic) bond motifs is 3. The maximum Gasteiger partial charge on any atom is 0.317 e. The van der Waals surface area contributed by atoms with Crippen molar-refractivity contribution < 1.29 is 9.53 Å². The molecule has 0 radical (unpaired) electrons. The molecule has 7 nitrogen and oxygen atoms in total. The number of ether oxygens (including phenoxy) is 1. The molecular weight excluding hydrogens is 362 g/mol. The Labute approximate surface area is 162 Å². The van der Waals surface area contributed by atoms with Gasteiger partial charge in [-0.15, -0.1) is 5.10 Å². The summed E-state index contributed by atoms with van der Waals surface area (Å²) in [5, 5.41) is 7.69. The summed E-state index contributed by atoms with van der Waals surface area (Å²) in [4.78, 5) is 20.9. The Morgan fingerprint density at radius 1 is 1.33 bits per heavy atom. The number of amides is 2. The van der Waals surface area contributed by atoms with Gasteiger partial charge >= 0.3 is 6.03 Å². The standard InChI is InChI=1S/C19H23N5O2S/c1-12(2)10-20-18(25)23-9-8-15-16(11-23)27-19-21-17(22-24(15)19)13-4-6-14(26-3)7-5-13/h4-7,12H,8-11H2,1-3H3,(H,20,25). The van der Waals surface area contributed by atoms with E-state index in [1.54, 1.807) is 18.4 Å². The number of thiazole rings is 1. The summed E-state index contributed by atoms with van der Waals surface area (Å²) in [6.07, 6.45) is 0.788. The van der Waals surface area contributed by atoms with Gasteiger partial charge in [0.15, 0.2) is 5.82 Å². The van der Waals surface area contributed by atoms with Crippen LogP contribution in [0.2, 0.25) is 0 Å². The van der Waals surface area contributed by atoms with Crippen molar-refractivity contribution in [1.29, 1.82) is 0 Å². The van der Waals surface area contributed by atoms with Crippen molar-refractivity contribution in [2.45, 2.75) is 26.8 Å². The maximum absolute atomic E-state index is 12.3. The molecule has 1 aliphatic rings. The van der Waals surface area contributed by atoms with Gasteiger partial charge in [-0.1, -0.05) is 25.2 Å². The average molecular weight is 385 g/mol. The number of carbonyl (C=O) groups excluding carboxylic acids is 1. The average Bonchev–Trinajstić information content (AvgIpc) is 3.23. The third kappa shape index (κ3) is 3.49. The number of nitrogens with zero attached hydrogens (tertiary/aromatic N) is 4. The highest BCUT2D eigenvalue weighted by Gasteiger charge is 2.26. The number of urea groups is 1. The van der Waals surface area contributed by atoms with Gasteiger partial charge in [0, 0.05) is 30.0 Å². The van der Waals surface area contributed by atoms with Crippen LogP contribution in [0.1, 0.15) is 24.4 Å². The monoisotopic (exact) mass is 385 g/mol. The number of aromatic nitrogens is 3. The molecule has 4 rings (SSSR count). The van der Waals surface area contributed by atoms with Gasteiger partial charge in [0.1, 0.15) is 5.75 Å². The van der Waals surface area contributed by atoms with Crippen LogP contribution in [0.4, 0.5) is 4.79 Å². The molecule has 0 atom stereocenters. The molecule has 3 heterocycles.